The van der Waals surface area contributed by atoms with Crippen LogP contribution in [-0.2, 0) is 6.61 Å². The van der Waals surface area contributed by atoms with E-state index in [0.29, 0.717) is 24.0 Å². The second kappa shape index (κ2) is 8.73. The van der Waals surface area contributed by atoms with Gasteiger partial charge in [-0.15, -0.1) is 0 Å². The van der Waals surface area contributed by atoms with Gasteiger partial charge >= 0.3 is 0 Å². The van der Waals surface area contributed by atoms with Gasteiger partial charge in [-0.25, -0.2) is 23.1 Å². The van der Waals surface area contributed by atoms with Crippen LogP contribution in [0.15, 0.2) is 54.7 Å². The van der Waals surface area contributed by atoms with Gasteiger partial charge in [-0.1, -0.05) is 48.5 Å². The Labute approximate surface area is 161 Å². The molecule has 0 radical (unpaired) electrons. The first kappa shape index (κ1) is 19.7. The summed E-state index contributed by atoms with van der Waals surface area (Å²) in [6, 6.07) is 12.9. The van der Waals surface area contributed by atoms with Crippen molar-refractivity contribution < 1.29 is 17.9 Å². The highest BCUT2D eigenvalue weighted by Gasteiger charge is 2.20. The SMILES string of the molecule is Cc1ncc(OCc2ccccc2)c(N[C@H](C)c2cccc(C(F)F)c2F)n1. The summed E-state index contributed by atoms with van der Waals surface area (Å²) >= 11 is 0. The van der Waals surface area contributed by atoms with E-state index in [9.17, 15) is 13.2 Å². The van der Waals surface area contributed by atoms with Gasteiger partial charge in [0.15, 0.2) is 11.6 Å². The van der Waals surface area contributed by atoms with Crippen LogP contribution in [0.2, 0.25) is 0 Å². The summed E-state index contributed by atoms with van der Waals surface area (Å²) in [7, 11) is 0. The van der Waals surface area contributed by atoms with Crippen LogP contribution < -0.4 is 10.1 Å². The molecule has 0 bridgehead atoms. The van der Waals surface area contributed by atoms with Gasteiger partial charge in [0.05, 0.1) is 17.8 Å². The number of halogens is 3. The molecule has 1 atom stereocenters. The molecule has 3 rings (SSSR count). The van der Waals surface area contributed by atoms with E-state index in [1.807, 2.05) is 30.3 Å². The molecule has 4 nitrogen and oxygen atoms in total. The predicted octanol–water partition coefficient (Wildman–Crippen LogP) is 5.61. The van der Waals surface area contributed by atoms with Gasteiger partial charge in [-0.2, -0.15) is 0 Å². The van der Waals surface area contributed by atoms with Crippen molar-refractivity contribution in [2.75, 3.05) is 5.32 Å². The third kappa shape index (κ3) is 4.60. The number of benzene rings is 2. The second-order valence-electron chi connectivity index (χ2n) is 6.32. The van der Waals surface area contributed by atoms with Gasteiger partial charge in [0.25, 0.3) is 6.43 Å². The number of alkyl halides is 2. The Bertz CT molecular complexity index is 935. The molecule has 7 heteroatoms. The molecule has 2 aromatic carbocycles. The van der Waals surface area contributed by atoms with Crippen LogP contribution in [0.5, 0.6) is 5.75 Å². The highest BCUT2D eigenvalue weighted by atomic mass is 19.3. The Kier molecular flexibility index (Phi) is 6.13. The first-order chi connectivity index (χ1) is 13.5. The maximum atomic E-state index is 14.4. The van der Waals surface area contributed by atoms with Crippen LogP contribution in [0.1, 0.15) is 41.9 Å². The topological polar surface area (TPSA) is 47.0 Å². The van der Waals surface area contributed by atoms with Crippen molar-refractivity contribution in [1.82, 2.24) is 9.97 Å². The summed E-state index contributed by atoms with van der Waals surface area (Å²) in [5.41, 5.74) is 0.478. The normalized spacial score (nSPS) is 12.1. The molecule has 0 fully saturated rings. The van der Waals surface area contributed by atoms with E-state index in [0.717, 1.165) is 11.6 Å². The summed E-state index contributed by atoms with van der Waals surface area (Å²) in [6.07, 6.45) is -1.34. The number of aromatic nitrogens is 2. The highest BCUT2D eigenvalue weighted by Crippen LogP contribution is 2.31. The molecule has 0 unspecified atom stereocenters. The van der Waals surface area contributed by atoms with Crippen molar-refractivity contribution in [3.05, 3.63) is 83.1 Å². The molecule has 1 heterocycles. The van der Waals surface area contributed by atoms with Crippen LogP contribution >= 0.6 is 0 Å². The van der Waals surface area contributed by atoms with E-state index < -0.39 is 23.8 Å². The lowest BCUT2D eigenvalue weighted by Crippen LogP contribution is -2.13. The molecule has 28 heavy (non-hydrogen) atoms. The Morgan fingerprint density at radius 1 is 1.04 bits per heavy atom. The van der Waals surface area contributed by atoms with Crippen molar-refractivity contribution in [2.24, 2.45) is 0 Å². The molecule has 1 aromatic heterocycles. The summed E-state index contributed by atoms with van der Waals surface area (Å²) in [6.45, 7) is 3.70. The fourth-order valence-electron chi connectivity index (χ4n) is 2.76. The Morgan fingerprint density at radius 2 is 1.75 bits per heavy atom. The lowest BCUT2D eigenvalue weighted by atomic mass is 10.0. The van der Waals surface area contributed by atoms with Crippen molar-refractivity contribution >= 4 is 5.82 Å². The smallest absolute Gasteiger partial charge is 0.266 e. The summed E-state index contributed by atoms with van der Waals surface area (Å²) < 4.78 is 46.2. The number of ether oxygens (including phenoxy) is 1. The van der Waals surface area contributed by atoms with Crippen molar-refractivity contribution in [1.29, 1.82) is 0 Å². The van der Waals surface area contributed by atoms with E-state index in [4.69, 9.17) is 4.74 Å². The number of aryl methyl sites for hydroxylation is 1. The van der Waals surface area contributed by atoms with Gasteiger partial charge in [0.1, 0.15) is 18.2 Å². The monoisotopic (exact) mass is 387 g/mol. The minimum Gasteiger partial charge on any atom is -0.483 e. The summed E-state index contributed by atoms with van der Waals surface area (Å²) in [5.74, 6) is 0.350. The number of nitrogens with one attached hydrogen (secondary N) is 1. The molecule has 146 valence electrons. The Hall–Kier alpha value is -3.09. The third-order valence-corrected chi connectivity index (χ3v) is 4.23. The average Bonchev–Trinajstić information content (AvgIpc) is 2.68. The zero-order chi connectivity index (χ0) is 20.1. The maximum absolute atomic E-state index is 14.4. The van der Waals surface area contributed by atoms with Gasteiger partial charge in [0.2, 0.25) is 0 Å². The Morgan fingerprint density at radius 3 is 2.46 bits per heavy atom. The lowest BCUT2D eigenvalue weighted by Gasteiger charge is -2.19. The molecular formula is C21H20F3N3O. The molecule has 0 saturated heterocycles. The molecule has 0 amide bonds. The van der Waals surface area contributed by atoms with Crippen LogP contribution in [0.4, 0.5) is 19.0 Å². The van der Waals surface area contributed by atoms with Crippen molar-refractivity contribution in [3.8, 4) is 5.75 Å². The number of rotatable bonds is 7. The number of hydrogen-bond donors (Lipinski definition) is 1. The quantitative estimate of drug-likeness (QED) is 0.572. The van der Waals surface area contributed by atoms with E-state index in [1.54, 1.807) is 13.8 Å². The fraction of sp³-hybridized carbons (Fsp3) is 0.238. The minimum absolute atomic E-state index is 0.128. The Balaban J connectivity index is 1.81. The van der Waals surface area contributed by atoms with Gasteiger partial charge < -0.3 is 10.1 Å². The molecule has 1 N–H and O–H groups in total. The first-order valence-electron chi connectivity index (χ1n) is 8.79. The van der Waals surface area contributed by atoms with Crippen molar-refractivity contribution in [2.45, 2.75) is 32.9 Å². The molecule has 0 saturated carbocycles. The molecule has 0 spiro atoms. The van der Waals surface area contributed by atoms with Crippen LogP contribution in [-0.4, -0.2) is 9.97 Å². The molecule has 0 aliphatic rings. The predicted molar refractivity (Wildman–Crippen MR) is 101 cm³/mol. The van der Waals surface area contributed by atoms with Gasteiger partial charge in [-0.3, -0.25) is 0 Å². The second-order valence-corrected chi connectivity index (χ2v) is 6.32. The van der Waals surface area contributed by atoms with Gasteiger partial charge in [-0.05, 0) is 19.4 Å². The van der Waals surface area contributed by atoms with Crippen LogP contribution in [0, 0.1) is 12.7 Å². The zero-order valence-corrected chi connectivity index (χ0v) is 15.5. The molecular weight excluding hydrogens is 367 g/mol. The lowest BCUT2D eigenvalue weighted by molar-refractivity contribution is 0.146. The van der Waals surface area contributed by atoms with E-state index in [-0.39, 0.29) is 5.56 Å². The zero-order valence-electron chi connectivity index (χ0n) is 15.5. The maximum Gasteiger partial charge on any atom is 0.266 e. The van der Waals surface area contributed by atoms with E-state index in [2.05, 4.69) is 15.3 Å². The largest absolute Gasteiger partial charge is 0.483 e. The highest BCUT2D eigenvalue weighted by molar-refractivity contribution is 5.50. The first-order valence-corrected chi connectivity index (χ1v) is 8.79. The third-order valence-electron chi connectivity index (χ3n) is 4.23. The number of anilines is 1. The van der Waals surface area contributed by atoms with Gasteiger partial charge in [0, 0.05) is 5.56 Å². The van der Waals surface area contributed by atoms with Crippen LogP contribution in [0.3, 0.4) is 0 Å². The molecule has 3 aromatic rings. The minimum atomic E-state index is -2.88. The summed E-state index contributed by atoms with van der Waals surface area (Å²) in [4.78, 5) is 8.46. The number of hydrogen-bond acceptors (Lipinski definition) is 4. The van der Waals surface area contributed by atoms with Crippen LogP contribution in [0.25, 0.3) is 0 Å². The van der Waals surface area contributed by atoms with E-state index in [1.165, 1.54) is 18.3 Å². The molecule has 0 aliphatic heterocycles. The average molecular weight is 387 g/mol. The van der Waals surface area contributed by atoms with Crippen molar-refractivity contribution in [3.63, 3.8) is 0 Å². The standard InChI is InChI=1S/C21H20F3N3O/c1-13(16-9-6-10-17(19(16)22)20(23)24)26-21-18(11-25-14(2)27-21)28-12-15-7-4-3-5-8-15/h3-11,13,20H,12H2,1-2H3,(H,25,26,27)/t13-/m1/s1. The number of nitrogens with zero attached hydrogens (tertiary/aromatic N) is 2. The van der Waals surface area contributed by atoms with E-state index >= 15 is 0 Å². The summed E-state index contributed by atoms with van der Waals surface area (Å²) in [5, 5.41) is 3.05. The molecule has 0 aliphatic carbocycles. The fourth-order valence-corrected chi connectivity index (χ4v) is 2.76.